The molecule has 1 aromatic heterocycles. The van der Waals surface area contributed by atoms with Crippen molar-refractivity contribution in [1.82, 2.24) is 9.55 Å². The molecule has 0 amide bonds. The van der Waals surface area contributed by atoms with Crippen molar-refractivity contribution >= 4 is 44.5 Å². The monoisotopic (exact) mass is 346 g/mol. The summed E-state index contributed by atoms with van der Waals surface area (Å²) in [7, 11) is 0. The minimum Gasteiger partial charge on any atom is -0.369 e. The summed E-state index contributed by atoms with van der Waals surface area (Å²) in [5.74, 6) is 0.298. The molecule has 2 aromatic carbocycles. The third-order valence-electron chi connectivity index (χ3n) is 2.97. The van der Waals surface area contributed by atoms with Gasteiger partial charge in [0.25, 0.3) is 0 Å². The zero-order valence-corrected chi connectivity index (χ0v) is 12.5. The van der Waals surface area contributed by atoms with Crippen LogP contribution < -0.4 is 5.73 Å². The average molecular weight is 348 g/mol. The van der Waals surface area contributed by atoms with Crippen molar-refractivity contribution in [2.75, 3.05) is 5.73 Å². The van der Waals surface area contributed by atoms with Crippen LogP contribution in [0, 0.1) is 11.3 Å². The molecule has 0 radical (unpaired) electrons. The maximum absolute atomic E-state index is 9.30. The van der Waals surface area contributed by atoms with Gasteiger partial charge in [-0.2, -0.15) is 5.26 Å². The minimum absolute atomic E-state index is 0.298. The average Bonchev–Trinajstić information content (AvgIpc) is 2.76. The van der Waals surface area contributed by atoms with Crippen LogP contribution in [-0.2, 0) is 0 Å². The van der Waals surface area contributed by atoms with Crippen molar-refractivity contribution < 1.29 is 0 Å². The number of aromatic nitrogens is 2. The van der Waals surface area contributed by atoms with Crippen molar-refractivity contribution in [1.29, 1.82) is 5.26 Å². The Kier molecular flexibility index (Phi) is 3.13. The van der Waals surface area contributed by atoms with Gasteiger partial charge in [0.05, 0.1) is 27.3 Å². The van der Waals surface area contributed by atoms with Crippen LogP contribution in [0.3, 0.4) is 0 Å². The van der Waals surface area contributed by atoms with Gasteiger partial charge in [-0.15, -0.1) is 0 Å². The Morgan fingerprint density at radius 3 is 2.85 bits per heavy atom. The van der Waals surface area contributed by atoms with Gasteiger partial charge in [-0.1, -0.05) is 33.6 Å². The molecular formula is C14H8BrClN4. The molecule has 6 heteroatoms. The van der Waals surface area contributed by atoms with E-state index in [9.17, 15) is 5.26 Å². The molecular weight excluding hydrogens is 340 g/mol. The molecule has 0 fully saturated rings. The molecule has 0 spiro atoms. The first-order valence-corrected chi connectivity index (χ1v) is 6.91. The SMILES string of the molecule is N#Cc1cc(Br)ccc1-n1c(N)nc2cccc(Cl)c21. The van der Waals surface area contributed by atoms with Crippen LogP contribution in [-0.4, -0.2) is 9.55 Å². The summed E-state index contributed by atoms with van der Waals surface area (Å²) >= 11 is 9.59. The van der Waals surface area contributed by atoms with Crippen LogP contribution in [0.1, 0.15) is 5.56 Å². The number of anilines is 1. The van der Waals surface area contributed by atoms with Gasteiger partial charge < -0.3 is 5.73 Å². The summed E-state index contributed by atoms with van der Waals surface area (Å²) in [4.78, 5) is 4.28. The predicted octanol–water partition coefficient (Wildman–Crippen LogP) is 3.90. The van der Waals surface area contributed by atoms with E-state index in [2.05, 4.69) is 27.0 Å². The van der Waals surface area contributed by atoms with E-state index in [-0.39, 0.29) is 0 Å². The highest BCUT2D eigenvalue weighted by atomic mass is 79.9. The van der Waals surface area contributed by atoms with Crippen molar-refractivity contribution in [2.45, 2.75) is 0 Å². The summed E-state index contributed by atoms with van der Waals surface area (Å²) in [6.45, 7) is 0. The summed E-state index contributed by atoms with van der Waals surface area (Å²) < 4.78 is 2.52. The van der Waals surface area contributed by atoms with Crippen molar-refractivity contribution in [3.05, 3.63) is 51.5 Å². The molecule has 0 unspecified atom stereocenters. The van der Waals surface area contributed by atoms with Gasteiger partial charge in [-0.05, 0) is 30.3 Å². The second kappa shape index (κ2) is 4.82. The van der Waals surface area contributed by atoms with Gasteiger partial charge in [-0.25, -0.2) is 4.98 Å². The van der Waals surface area contributed by atoms with Crippen LogP contribution in [0.5, 0.6) is 0 Å². The number of para-hydroxylation sites is 1. The van der Waals surface area contributed by atoms with Gasteiger partial charge in [0.2, 0.25) is 5.95 Å². The fourth-order valence-corrected chi connectivity index (χ4v) is 2.76. The lowest BCUT2D eigenvalue weighted by Gasteiger charge is -2.09. The Hall–Kier alpha value is -2.03. The minimum atomic E-state index is 0.298. The standard InChI is InChI=1S/C14H8BrClN4/c15-9-4-5-12(8(6-9)7-17)20-13-10(16)2-1-3-11(13)19-14(20)18/h1-6H,(H2,18,19). The third-order valence-corrected chi connectivity index (χ3v) is 3.77. The Labute approximate surface area is 128 Å². The first kappa shape index (κ1) is 13.0. The van der Waals surface area contributed by atoms with E-state index in [0.717, 1.165) is 4.47 Å². The zero-order valence-electron chi connectivity index (χ0n) is 10.1. The molecule has 98 valence electrons. The van der Waals surface area contributed by atoms with Crippen molar-refractivity contribution in [2.24, 2.45) is 0 Å². The fourth-order valence-electron chi connectivity index (χ4n) is 2.14. The Morgan fingerprint density at radius 2 is 2.10 bits per heavy atom. The van der Waals surface area contributed by atoms with Gasteiger partial charge in [0, 0.05) is 4.47 Å². The molecule has 0 aliphatic carbocycles. The summed E-state index contributed by atoms with van der Waals surface area (Å²) in [6, 6.07) is 13.0. The van der Waals surface area contributed by atoms with Crippen LogP contribution in [0.2, 0.25) is 5.02 Å². The van der Waals surface area contributed by atoms with Gasteiger partial charge in [0.15, 0.2) is 0 Å². The van der Waals surface area contributed by atoms with Crippen LogP contribution in [0.15, 0.2) is 40.9 Å². The Bertz CT molecular complexity index is 863. The first-order chi connectivity index (χ1) is 9.61. The molecule has 0 aliphatic rings. The molecule has 3 aromatic rings. The smallest absolute Gasteiger partial charge is 0.206 e. The number of hydrogen-bond acceptors (Lipinski definition) is 3. The lowest BCUT2D eigenvalue weighted by atomic mass is 10.2. The van der Waals surface area contributed by atoms with Gasteiger partial charge in [-0.3, -0.25) is 4.57 Å². The molecule has 0 aliphatic heterocycles. The number of imidazole rings is 1. The normalized spacial score (nSPS) is 10.7. The zero-order chi connectivity index (χ0) is 14.3. The Balaban J connectivity index is 2.42. The van der Waals surface area contributed by atoms with Crippen LogP contribution in [0.25, 0.3) is 16.7 Å². The molecule has 1 heterocycles. The quantitative estimate of drug-likeness (QED) is 0.726. The molecule has 20 heavy (non-hydrogen) atoms. The third kappa shape index (κ3) is 1.94. The highest BCUT2D eigenvalue weighted by Gasteiger charge is 2.15. The fraction of sp³-hybridized carbons (Fsp3) is 0. The maximum atomic E-state index is 9.30. The maximum Gasteiger partial charge on any atom is 0.206 e. The first-order valence-electron chi connectivity index (χ1n) is 5.74. The van der Waals surface area contributed by atoms with Crippen molar-refractivity contribution in [3.8, 4) is 11.8 Å². The highest BCUT2D eigenvalue weighted by Crippen LogP contribution is 2.31. The summed E-state index contributed by atoms with van der Waals surface area (Å²) in [5, 5.41) is 9.84. The van der Waals surface area contributed by atoms with E-state index in [1.807, 2.05) is 24.3 Å². The summed E-state index contributed by atoms with van der Waals surface area (Å²) in [5.41, 5.74) is 8.53. The number of nitriles is 1. The number of nitrogens with zero attached hydrogens (tertiary/aromatic N) is 3. The Morgan fingerprint density at radius 1 is 1.30 bits per heavy atom. The van der Waals surface area contributed by atoms with E-state index in [4.69, 9.17) is 17.3 Å². The number of benzene rings is 2. The number of hydrogen-bond donors (Lipinski definition) is 1. The number of nitrogens with two attached hydrogens (primary N) is 1. The number of nitrogen functional groups attached to an aromatic ring is 1. The number of rotatable bonds is 1. The molecule has 0 saturated heterocycles. The molecule has 3 rings (SSSR count). The lowest BCUT2D eigenvalue weighted by Crippen LogP contribution is -2.03. The van der Waals surface area contributed by atoms with E-state index >= 15 is 0 Å². The molecule has 0 saturated carbocycles. The van der Waals surface area contributed by atoms with E-state index in [0.29, 0.717) is 33.3 Å². The molecule has 2 N–H and O–H groups in total. The van der Waals surface area contributed by atoms with E-state index in [1.165, 1.54) is 0 Å². The van der Waals surface area contributed by atoms with Crippen LogP contribution in [0.4, 0.5) is 5.95 Å². The second-order valence-corrected chi connectivity index (χ2v) is 5.51. The predicted molar refractivity (Wildman–Crippen MR) is 82.9 cm³/mol. The molecule has 0 atom stereocenters. The lowest BCUT2D eigenvalue weighted by molar-refractivity contribution is 1.10. The van der Waals surface area contributed by atoms with Crippen LogP contribution >= 0.6 is 27.5 Å². The van der Waals surface area contributed by atoms with Crippen molar-refractivity contribution in [3.63, 3.8) is 0 Å². The van der Waals surface area contributed by atoms with E-state index in [1.54, 1.807) is 16.7 Å². The largest absolute Gasteiger partial charge is 0.369 e. The highest BCUT2D eigenvalue weighted by molar-refractivity contribution is 9.10. The topological polar surface area (TPSA) is 67.6 Å². The van der Waals surface area contributed by atoms with Gasteiger partial charge >= 0.3 is 0 Å². The second-order valence-electron chi connectivity index (χ2n) is 4.19. The molecule has 4 nitrogen and oxygen atoms in total. The number of halogens is 2. The summed E-state index contributed by atoms with van der Waals surface area (Å²) in [6.07, 6.45) is 0. The van der Waals surface area contributed by atoms with E-state index < -0.39 is 0 Å². The number of fused-ring (bicyclic) bond motifs is 1. The van der Waals surface area contributed by atoms with Gasteiger partial charge in [0.1, 0.15) is 6.07 Å². The molecule has 0 bridgehead atoms.